The average molecular weight is 580 g/mol. The number of hydrogen-bond acceptors (Lipinski definition) is 6. The summed E-state index contributed by atoms with van der Waals surface area (Å²) in [5.41, 5.74) is 3.17. The van der Waals surface area contributed by atoms with Gasteiger partial charge in [-0.15, -0.1) is 0 Å². The van der Waals surface area contributed by atoms with Crippen molar-refractivity contribution in [2.75, 3.05) is 7.11 Å². The van der Waals surface area contributed by atoms with Crippen molar-refractivity contribution < 1.29 is 14.3 Å². The zero-order chi connectivity index (χ0) is 27.5. The van der Waals surface area contributed by atoms with Crippen LogP contribution in [-0.2, 0) is 16.1 Å². The molecule has 6 nitrogen and oxygen atoms in total. The normalized spacial score (nSPS) is 15.1. The fraction of sp³-hybridized carbons (Fsp3) is 0.167. The van der Waals surface area contributed by atoms with Gasteiger partial charge in [-0.3, -0.25) is 9.36 Å². The number of allylic oxidation sites excluding steroid dienone is 1. The van der Waals surface area contributed by atoms with Crippen molar-refractivity contribution in [3.8, 4) is 5.75 Å². The Morgan fingerprint density at radius 2 is 1.87 bits per heavy atom. The lowest BCUT2D eigenvalue weighted by atomic mass is 9.95. The summed E-state index contributed by atoms with van der Waals surface area (Å²) in [5.74, 6) is 0.135. The van der Waals surface area contributed by atoms with Crippen LogP contribution in [0.5, 0.6) is 5.75 Å². The van der Waals surface area contributed by atoms with Crippen LogP contribution >= 0.6 is 34.5 Å². The van der Waals surface area contributed by atoms with Crippen LogP contribution in [0.1, 0.15) is 36.1 Å². The predicted molar refractivity (Wildman–Crippen MR) is 154 cm³/mol. The van der Waals surface area contributed by atoms with Crippen LogP contribution in [-0.4, -0.2) is 17.6 Å². The maximum absolute atomic E-state index is 13.8. The Hall–Kier alpha value is -3.65. The average Bonchev–Trinajstić information content (AvgIpc) is 3.26. The molecule has 0 amide bonds. The highest BCUT2D eigenvalue weighted by Gasteiger charge is 2.33. The number of halogens is 2. The van der Waals surface area contributed by atoms with Gasteiger partial charge in [0.1, 0.15) is 12.4 Å². The van der Waals surface area contributed by atoms with Crippen molar-refractivity contribution in [3.63, 3.8) is 0 Å². The fourth-order valence-electron chi connectivity index (χ4n) is 4.46. The summed E-state index contributed by atoms with van der Waals surface area (Å²) in [6.07, 6.45) is 2.33. The maximum Gasteiger partial charge on any atom is 0.338 e. The molecule has 0 fully saturated rings. The molecule has 198 valence electrons. The van der Waals surface area contributed by atoms with Gasteiger partial charge in [0.25, 0.3) is 5.56 Å². The molecule has 0 spiro atoms. The molecule has 0 unspecified atom stereocenters. The van der Waals surface area contributed by atoms with Crippen molar-refractivity contribution in [1.29, 1.82) is 0 Å². The van der Waals surface area contributed by atoms with Crippen LogP contribution in [0, 0.1) is 0 Å². The summed E-state index contributed by atoms with van der Waals surface area (Å²) in [4.78, 5) is 31.9. The Labute approximate surface area is 239 Å². The minimum Gasteiger partial charge on any atom is -0.489 e. The van der Waals surface area contributed by atoms with E-state index in [2.05, 4.69) is 0 Å². The molecule has 0 radical (unpaired) electrons. The Morgan fingerprint density at radius 1 is 1.08 bits per heavy atom. The van der Waals surface area contributed by atoms with Crippen LogP contribution in [0.15, 0.2) is 93.9 Å². The van der Waals surface area contributed by atoms with Crippen LogP contribution in [0.25, 0.3) is 6.08 Å². The van der Waals surface area contributed by atoms with E-state index in [-0.39, 0.29) is 12.2 Å². The number of nitrogens with zero attached hydrogens (tertiary/aromatic N) is 2. The van der Waals surface area contributed by atoms with Gasteiger partial charge in [-0.05, 0) is 47.9 Å². The van der Waals surface area contributed by atoms with Gasteiger partial charge in [0.05, 0.1) is 29.0 Å². The van der Waals surface area contributed by atoms with Crippen molar-refractivity contribution >= 4 is 46.6 Å². The van der Waals surface area contributed by atoms with E-state index in [4.69, 9.17) is 37.7 Å². The summed E-state index contributed by atoms with van der Waals surface area (Å²) in [6, 6.07) is 21.5. The summed E-state index contributed by atoms with van der Waals surface area (Å²) in [7, 11) is 1.34. The van der Waals surface area contributed by atoms with E-state index in [1.165, 1.54) is 18.4 Å². The second kappa shape index (κ2) is 11.6. The van der Waals surface area contributed by atoms with Crippen molar-refractivity contribution in [3.05, 3.63) is 130 Å². The number of hydrogen-bond donors (Lipinski definition) is 0. The molecule has 0 saturated carbocycles. The molecule has 4 aromatic rings. The summed E-state index contributed by atoms with van der Waals surface area (Å²) < 4.78 is 13.1. The molecule has 1 aliphatic rings. The number of benzene rings is 3. The predicted octanol–water partition coefficient (Wildman–Crippen LogP) is 5.68. The molecule has 0 bridgehead atoms. The van der Waals surface area contributed by atoms with Crippen LogP contribution in [0.2, 0.25) is 10.0 Å². The first-order chi connectivity index (χ1) is 18.9. The van der Waals surface area contributed by atoms with E-state index < -0.39 is 12.0 Å². The topological polar surface area (TPSA) is 69.9 Å². The second-order valence-corrected chi connectivity index (χ2v) is 10.6. The highest BCUT2D eigenvalue weighted by molar-refractivity contribution is 7.07. The molecule has 0 saturated heterocycles. The maximum atomic E-state index is 13.8. The zero-order valence-corrected chi connectivity index (χ0v) is 23.5. The fourth-order valence-corrected chi connectivity index (χ4v) is 5.94. The minimum atomic E-state index is -0.634. The quantitative estimate of drug-likeness (QED) is 0.264. The number of carbonyl (C=O) groups excluding carboxylic acids is 1. The Morgan fingerprint density at radius 3 is 2.59 bits per heavy atom. The van der Waals surface area contributed by atoms with Crippen molar-refractivity contribution in [1.82, 2.24) is 4.57 Å². The Kier molecular flexibility index (Phi) is 8.02. The van der Waals surface area contributed by atoms with Gasteiger partial charge in [-0.2, -0.15) is 0 Å². The summed E-state index contributed by atoms with van der Waals surface area (Å²) in [6.45, 7) is 2.20. The Balaban J connectivity index is 1.54. The SMILES string of the molecule is CCC1=C(C(=O)OC)[C@@H](c2ccccc2)n2c(s/c(=C/c3cccc(OCc4ccc(Cl)cc4Cl)c3)c2=O)=N1. The standard InChI is InChI=1S/C30H24Cl2N2O4S/c1-3-24-26(29(36)37-2)27(19-9-5-4-6-10-19)34-28(35)25(39-30(34)33-24)15-18-8-7-11-22(14-18)38-17-20-12-13-21(31)16-23(20)32/h4-16,27H,3,17H2,1-2H3/b25-15+/t27-/m1/s1. The number of carbonyl (C=O) groups is 1. The molecule has 9 heteroatoms. The summed E-state index contributed by atoms with van der Waals surface area (Å²) in [5, 5.41) is 1.09. The molecule has 1 atom stereocenters. The van der Waals surface area contributed by atoms with Gasteiger partial charge < -0.3 is 9.47 Å². The van der Waals surface area contributed by atoms with E-state index in [0.29, 0.717) is 42.8 Å². The van der Waals surface area contributed by atoms with E-state index in [9.17, 15) is 9.59 Å². The zero-order valence-electron chi connectivity index (χ0n) is 21.2. The summed E-state index contributed by atoms with van der Waals surface area (Å²) >= 11 is 13.5. The van der Waals surface area contributed by atoms with Gasteiger partial charge in [0.2, 0.25) is 0 Å². The number of ether oxygens (including phenoxy) is 2. The molecule has 1 aromatic heterocycles. The lowest BCUT2D eigenvalue weighted by Crippen LogP contribution is -2.40. The third kappa shape index (κ3) is 5.57. The molecule has 39 heavy (non-hydrogen) atoms. The van der Waals surface area contributed by atoms with E-state index in [0.717, 1.165) is 16.7 Å². The molecule has 5 rings (SSSR count). The lowest BCUT2D eigenvalue weighted by molar-refractivity contribution is -0.136. The molecule has 0 N–H and O–H groups in total. The molecule has 0 aliphatic carbocycles. The molecule has 1 aliphatic heterocycles. The van der Waals surface area contributed by atoms with Crippen molar-refractivity contribution in [2.45, 2.75) is 26.0 Å². The van der Waals surface area contributed by atoms with Crippen LogP contribution in [0.4, 0.5) is 0 Å². The highest BCUT2D eigenvalue weighted by Crippen LogP contribution is 2.31. The van der Waals surface area contributed by atoms with Crippen LogP contribution < -0.4 is 19.6 Å². The number of fused-ring (bicyclic) bond motifs is 1. The number of methoxy groups -OCH3 is 1. The Bertz CT molecular complexity index is 1760. The van der Waals surface area contributed by atoms with E-state index >= 15 is 0 Å². The number of aromatic nitrogens is 1. The first kappa shape index (κ1) is 26.9. The molecular formula is C30H24Cl2N2O4S. The molecule has 2 heterocycles. The van der Waals surface area contributed by atoms with Gasteiger partial charge in [0.15, 0.2) is 4.80 Å². The minimum absolute atomic E-state index is 0.233. The lowest BCUT2D eigenvalue weighted by Gasteiger charge is -2.25. The second-order valence-electron chi connectivity index (χ2n) is 8.80. The molecule has 3 aromatic carbocycles. The van der Waals surface area contributed by atoms with Crippen molar-refractivity contribution in [2.24, 2.45) is 4.99 Å². The van der Waals surface area contributed by atoms with E-state index in [1.54, 1.807) is 16.7 Å². The van der Waals surface area contributed by atoms with Gasteiger partial charge in [0, 0.05) is 15.6 Å². The van der Waals surface area contributed by atoms with Gasteiger partial charge in [-0.25, -0.2) is 9.79 Å². The monoisotopic (exact) mass is 578 g/mol. The number of rotatable bonds is 7. The third-order valence-electron chi connectivity index (χ3n) is 6.33. The third-order valence-corrected chi connectivity index (χ3v) is 7.90. The first-order valence-corrected chi connectivity index (χ1v) is 13.8. The van der Waals surface area contributed by atoms with Crippen LogP contribution in [0.3, 0.4) is 0 Å². The highest BCUT2D eigenvalue weighted by atomic mass is 35.5. The van der Waals surface area contributed by atoms with E-state index in [1.807, 2.05) is 73.7 Å². The number of thiazole rings is 1. The molecular weight excluding hydrogens is 555 g/mol. The smallest absolute Gasteiger partial charge is 0.338 e. The number of esters is 1. The first-order valence-electron chi connectivity index (χ1n) is 12.2. The van der Waals surface area contributed by atoms with Gasteiger partial charge >= 0.3 is 5.97 Å². The largest absolute Gasteiger partial charge is 0.489 e. The van der Waals surface area contributed by atoms with Gasteiger partial charge in [-0.1, -0.05) is 90.0 Å².